The zero-order valence-corrected chi connectivity index (χ0v) is 23.0. The summed E-state index contributed by atoms with van der Waals surface area (Å²) in [6.07, 6.45) is 0.0427. The van der Waals surface area contributed by atoms with Crippen molar-refractivity contribution in [1.82, 2.24) is 4.98 Å². The molecule has 0 saturated heterocycles. The smallest absolute Gasteiger partial charge is 0.337 e. The van der Waals surface area contributed by atoms with Gasteiger partial charge in [0.2, 0.25) is 0 Å². The molecule has 1 aromatic heterocycles. The summed E-state index contributed by atoms with van der Waals surface area (Å²) >= 11 is 15.9. The molecular weight excluding hydrogens is 708 g/mol. The summed E-state index contributed by atoms with van der Waals surface area (Å²) in [5.74, 6) is -2.31. The van der Waals surface area contributed by atoms with Crippen LogP contribution in [0.5, 0.6) is 0 Å². The fourth-order valence-corrected chi connectivity index (χ4v) is 7.08. The van der Waals surface area contributed by atoms with Crippen LogP contribution in [0.15, 0.2) is 40.4 Å². The van der Waals surface area contributed by atoms with Crippen LogP contribution in [0.25, 0.3) is 10.2 Å². The number of carboxylic acids is 2. The van der Waals surface area contributed by atoms with Crippen molar-refractivity contribution in [2.45, 2.75) is 10.8 Å². The first kappa shape index (κ1) is 24.6. The van der Waals surface area contributed by atoms with E-state index >= 15 is 0 Å². The van der Waals surface area contributed by atoms with E-state index in [2.05, 4.69) is 74.0 Å². The molecule has 0 radical (unpaired) electrons. The Morgan fingerprint density at radius 3 is 2.26 bits per heavy atom. The SMILES string of the molecule is O=C(O)CCSc1nc2ccc(NC(=O)c3c(Br)c(Br)c(Br)c(Br)c3C(=O)O)cc2s1. The summed E-state index contributed by atoms with van der Waals surface area (Å²) in [5, 5.41) is 21.1. The molecule has 3 N–H and O–H groups in total. The van der Waals surface area contributed by atoms with Crippen LogP contribution in [0.2, 0.25) is 0 Å². The molecule has 3 rings (SSSR count). The Hall–Kier alpha value is -0.990. The van der Waals surface area contributed by atoms with Gasteiger partial charge in [-0.2, -0.15) is 0 Å². The van der Waals surface area contributed by atoms with E-state index in [1.807, 2.05) is 0 Å². The van der Waals surface area contributed by atoms with Crippen LogP contribution >= 0.6 is 86.8 Å². The van der Waals surface area contributed by atoms with Gasteiger partial charge in [0.05, 0.1) is 27.8 Å². The highest BCUT2D eigenvalue weighted by molar-refractivity contribution is 9.15. The molecule has 0 aliphatic rings. The van der Waals surface area contributed by atoms with Gasteiger partial charge >= 0.3 is 11.9 Å². The molecule has 31 heavy (non-hydrogen) atoms. The maximum Gasteiger partial charge on any atom is 0.337 e. The van der Waals surface area contributed by atoms with Gasteiger partial charge in [0, 0.05) is 29.3 Å². The first-order valence-corrected chi connectivity index (χ1v) is 13.2. The van der Waals surface area contributed by atoms with Crippen molar-refractivity contribution in [3.8, 4) is 0 Å². The van der Waals surface area contributed by atoms with Gasteiger partial charge in [0.25, 0.3) is 5.91 Å². The lowest BCUT2D eigenvalue weighted by molar-refractivity contribution is -0.136. The van der Waals surface area contributed by atoms with E-state index in [4.69, 9.17) is 5.11 Å². The number of thiazole rings is 1. The van der Waals surface area contributed by atoms with Crippen LogP contribution in [-0.2, 0) is 4.79 Å². The Bertz CT molecular complexity index is 1230. The Labute approximate surface area is 217 Å². The van der Waals surface area contributed by atoms with Crippen molar-refractivity contribution in [1.29, 1.82) is 0 Å². The number of carbonyl (C=O) groups is 3. The van der Waals surface area contributed by atoms with Crippen molar-refractivity contribution in [3.05, 3.63) is 47.2 Å². The number of nitrogens with one attached hydrogen (secondary N) is 1. The number of carbonyl (C=O) groups excluding carboxylic acids is 1. The second-order valence-corrected chi connectivity index (χ2v) is 11.5. The van der Waals surface area contributed by atoms with Crippen molar-refractivity contribution in [2.24, 2.45) is 0 Å². The van der Waals surface area contributed by atoms with Crippen molar-refractivity contribution in [2.75, 3.05) is 11.1 Å². The molecule has 1 amide bonds. The quantitative estimate of drug-likeness (QED) is 0.139. The molecular formula is C18H10Br4N2O5S2. The van der Waals surface area contributed by atoms with Crippen molar-refractivity contribution in [3.63, 3.8) is 0 Å². The minimum Gasteiger partial charge on any atom is -0.481 e. The fraction of sp³-hybridized carbons (Fsp3) is 0.111. The average Bonchev–Trinajstić information content (AvgIpc) is 3.10. The third kappa shape index (κ3) is 5.50. The number of fused-ring (bicyclic) bond motifs is 1. The lowest BCUT2D eigenvalue weighted by Gasteiger charge is -2.14. The minimum absolute atomic E-state index is 0.0382. The first-order valence-electron chi connectivity index (χ1n) is 8.26. The Balaban J connectivity index is 1.90. The Morgan fingerprint density at radius 2 is 1.65 bits per heavy atom. The predicted molar refractivity (Wildman–Crippen MR) is 135 cm³/mol. The van der Waals surface area contributed by atoms with Crippen LogP contribution in [0.1, 0.15) is 27.1 Å². The number of halogens is 4. The number of aliphatic carboxylic acids is 1. The zero-order valence-electron chi connectivity index (χ0n) is 15.0. The largest absolute Gasteiger partial charge is 0.481 e. The lowest BCUT2D eigenvalue weighted by atomic mass is 10.1. The molecule has 0 spiro atoms. The molecule has 13 heteroatoms. The third-order valence-electron chi connectivity index (χ3n) is 3.88. The molecule has 2 aromatic carbocycles. The van der Waals surface area contributed by atoms with Gasteiger partial charge in [-0.25, -0.2) is 9.78 Å². The Kier molecular flexibility index (Phi) is 8.19. The predicted octanol–water partition coefficient (Wildman–Crippen LogP) is 6.86. The second-order valence-electron chi connectivity index (χ2n) is 5.92. The number of hydrogen-bond acceptors (Lipinski definition) is 6. The number of aromatic carboxylic acids is 1. The number of aromatic nitrogens is 1. The van der Waals surface area contributed by atoms with Gasteiger partial charge < -0.3 is 15.5 Å². The summed E-state index contributed by atoms with van der Waals surface area (Å²) in [7, 11) is 0. The summed E-state index contributed by atoms with van der Waals surface area (Å²) in [4.78, 5) is 39.9. The second kappa shape index (κ2) is 10.3. The summed E-state index contributed by atoms with van der Waals surface area (Å²) < 4.78 is 3.04. The van der Waals surface area contributed by atoms with Crippen molar-refractivity contribution >= 4 is 121 Å². The van der Waals surface area contributed by atoms with Crippen molar-refractivity contribution < 1.29 is 24.6 Å². The molecule has 0 aliphatic carbocycles. The van der Waals surface area contributed by atoms with Crippen LogP contribution in [0.4, 0.5) is 5.69 Å². The van der Waals surface area contributed by atoms with E-state index in [0.717, 1.165) is 14.6 Å². The molecule has 0 bridgehead atoms. The maximum absolute atomic E-state index is 13.0. The van der Waals surface area contributed by atoms with E-state index in [1.165, 1.54) is 23.1 Å². The molecule has 0 unspecified atom stereocenters. The number of anilines is 1. The zero-order chi connectivity index (χ0) is 22.9. The highest BCUT2D eigenvalue weighted by Gasteiger charge is 2.28. The summed E-state index contributed by atoms with van der Waals surface area (Å²) in [5.41, 5.74) is 0.975. The molecule has 162 valence electrons. The van der Waals surface area contributed by atoms with Gasteiger partial charge in [0.1, 0.15) is 0 Å². The third-order valence-corrected chi connectivity index (χ3v) is 10.8. The van der Waals surface area contributed by atoms with Crippen LogP contribution < -0.4 is 5.32 Å². The summed E-state index contributed by atoms with van der Waals surface area (Å²) in [6.45, 7) is 0. The standard InChI is InChI=1S/C18H10Br4N2O5S2/c19-12-10(11(17(28)29)13(20)15(22)14(12)21)16(27)23-6-1-2-7-8(5-6)31-18(24-7)30-4-3-9(25)26/h1-2,5H,3-4H2,(H,23,27)(H,25,26)(H,28,29). The number of hydrogen-bond donors (Lipinski definition) is 3. The van der Waals surface area contributed by atoms with Gasteiger partial charge in [-0.05, 0) is 81.9 Å². The number of rotatable bonds is 7. The van der Waals surface area contributed by atoms with E-state index < -0.39 is 17.8 Å². The first-order chi connectivity index (χ1) is 14.6. The molecule has 3 aromatic rings. The lowest BCUT2D eigenvalue weighted by Crippen LogP contribution is -2.18. The molecule has 0 fully saturated rings. The number of carboxylic acid groups (broad SMARTS) is 2. The van der Waals surface area contributed by atoms with Crippen LogP contribution in [0.3, 0.4) is 0 Å². The average molecular weight is 718 g/mol. The van der Waals surface area contributed by atoms with Gasteiger partial charge in [-0.3, -0.25) is 9.59 Å². The summed E-state index contributed by atoms with van der Waals surface area (Å²) in [6, 6.07) is 5.15. The van der Waals surface area contributed by atoms with E-state index in [1.54, 1.807) is 18.2 Å². The topological polar surface area (TPSA) is 117 Å². The van der Waals surface area contributed by atoms with Gasteiger partial charge in [0.15, 0.2) is 4.34 Å². The molecule has 0 aliphatic heterocycles. The van der Waals surface area contributed by atoms with E-state index in [0.29, 0.717) is 24.9 Å². The minimum atomic E-state index is -1.26. The van der Waals surface area contributed by atoms with Crippen LogP contribution in [-0.4, -0.2) is 38.8 Å². The molecule has 7 nitrogen and oxygen atoms in total. The molecule has 0 saturated carbocycles. The van der Waals surface area contributed by atoms with Crippen LogP contribution in [0, 0.1) is 0 Å². The van der Waals surface area contributed by atoms with E-state index in [9.17, 15) is 19.5 Å². The number of thioether (sulfide) groups is 1. The number of benzene rings is 2. The fourth-order valence-electron chi connectivity index (χ4n) is 2.51. The normalized spacial score (nSPS) is 11.0. The number of amides is 1. The molecule has 0 atom stereocenters. The van der Waals surface area contributed by atoms with E-state index in [-0.39, 0.29) is 22.0 Å². The highest BCUT2D eigenvalue weighted by Crippen LogP contribution is 2.42. The number of nitrogens with zero attached hydrogens (tertiary/aromatic N) is 1. The molecule has 1 heterocycles. The van der Waals surface area contributed by atoms with Gasteiger partial charge in [-0.15, -0.1) is 11.3 Å². The Morgan fingerprint density at radius 1 is 1.00 bits per heavy atom. The highest BCUT2D eigenvalue weighted by atomic mass is 79.9. The van der Waals surface area contributed by atoms with Gasteiger partial charge in [-0.1, -0.05) is 11.8 Å². The maximum atomic E-state index is 13.0. The monoisotopic (exact) mass is 714 g/mol.